The Labute approximate surface area is 41.5 Å². The molecule has 40 valence electrons. The van der Waals surface area contributed by atoms with Crippen LogP contribution in [-0.4, -0.2) is 6.17 Å². The lowest BCUT2D eigenvalue weighted by Gasteiger charge is -1.94. The molecule has 2 aliphatic rings. The standard InChI is InChI=1S/C3H4N2.H4N2/c1-2-3(4-1)5-2;1-2/h1,3-5H;1-2H2. The average Bonchev–Trinajstić information content (AvgIpc) is 2.21. The zero-order chi connectivity index (χ0) is 5.28. The van der Waals surface area contributed by atoms with Gasteiger partial charge in [-0.1, -0.05) is 0 Å². The van der Waals surface area contributed by atoms with Crippen molar-refractivity contribution in [1.82, 2.24) is 10.6 Å². The van der Waals surface area contributed by atoms with Gasteiger partial charge in [-0.05, 0) is 0 Å². The van der Waals surface area contributed by atoms with Crippen molar-refractivity contribution < 1.29 is 0 Å². The van der Waals surface area contributed by atoms with E-state index in [1.54, 1.807) is 0 Å². The van der Waals surface area contributed by atoms with Crippen LogP contribution in [0.25, 0.3) is 0 Å². The van der Waals surface area contributed by atoms with Crippen LogP contribution >= 0.6 is 0 Å². The molecule has 2 heterocycles. The molecule has 0 aromatic carbocycles. The highest BCUT2D eigenvalue weighted by atomic mass is 15.3. The quantitative estimate of drug-likeness (QED) is 0.164. The zero-order valence-corrected chi connectivity index (χ0v) is 3.81. The lowest BCUT2D eigenvalue weighted by atomic mass is 10.5. The second-order valence-electron chi connectivity index (χ2n) is 1.34. The molecule has 1 atom stereocenters. The third kappa shape index (κ3) is 0.531. The van der Waals surface area contributed by atoms with E-state index in [-0.39, 0.29) is 0 Å². The minimum Gasteiger partial charge on any atom is -0.365 e. The summed E-state index contributed by atoms with van der Waals surface area (Å²) in [6, 6.07) is 0. The summed E-state index contributed by atoms with van der Waals surface area (Å²) in [5.74, 6) is 8.00. The number of hydrogen-bond donors (Lipinski definition) is 4. The van der Waals surface area contributed by atoms with E-state index in [9.17, 15) is 0 Å². The molecule has 0 aliphatic carbocycles. The van der Waals surface area contributed by atoms with Gasteiger partial charge < -0.3 is 10.6 Å². The summed E-state index contributed by atoms with van der Waals surface area (Å²) in [6.07, 6.45) is 2.57. The summed E-state index contributed by atoms with van der Waals surface area (Å²) in [5.41, 5.74) is 1.37. The molecule has 0 aromatic heterocycles. The maximum atomic E-state index is 4.00. The molecular weight excluding hydrogens is 92.1 g/mol. The highest BCUT2D eigenvalue weighted by Gasteiger charge is 2.34. The summed E-state index contributed by atoms with van der Waals surface area (Å²) >= 11 is 0. The molecule has 0 radical (unpaired) electrons. The first-order chi connectivity index (χ1) is 3.47. The van der Waals surface area contributed by atoms with Crippen LogP contribution in [0.1, 0.15) is 0 Å². The maximum Gasteiger partial charge on any atom is 0.139 e. The normalized spacial score (nSPS) is 28.3. The van der Waals surface area contributed by atoms with E-state index in [1.807, 2.05) is 6.20 Å². The lowest BCUT2D eigenvalue weighted by molar-refractivity contribution is 0.817. The molecule has 6 N–H and O–H groups in total. The van der Waals surface area contributed by atoms with Crippen LogP contribution in [-0.2, 0) is 0 Å². The fraction of sp³-hybridized carbons (Fsp3) is 0.333. The predicted octanol–water partition coefficient (Wildman–Crippen LogP) is -1.82. The van der Waals surface area contributed by atoms with Gasteiger partial charge in [0.2, 0.25) is 0 Å². The minimum atomic E-state index is 0.593. The predicted molar refractivity (Wildman–Crippen MR) is 26.5 cm³/mol. The third-order valence-electron chi connectivity index (χ3n) is 0.944. The first-order valence-electron chi connectivity index (χ1n) is 2.03. The monoisotopic (exact) mass is 100 g/mol. The molecule has 2 rings (SSSR count). The van der Waals surface area contributed by atoms with Gasteiger partial charge in [0.1, 0.15) is 6.17 Å². The van der Waals surface area contributed by atoms with E-state index in [2.05, 4.69) is 22.3 Å². The van der Waals surface area contributed by atoms with E-state index < -0.39 is 0 Å². The Hall–Kier alpha value is -0.740. The molecular formula is C3H8N4. The Bertz CT molecular complexity index is 95.1. The van der Waals surface area contributed by atoms with Crippen molar-refractivity contribution in [3.63, 3.8) is 0 Å². The van der Waals surface area contributed by atoms with Gasteiger partial charge in [0.15, 0.2) is 0 Å². The molecule has 4 heteroatoms. The number of hydrazine groups is 1. The molecule has 0 aromatic rings. The Balaban J connectivity index is 0.000000112. The van der Waals surface area contributed by atoms with Gasteiger partial charge in [-0.2, -0.15) is 0 Å². The average molecular weight is 100 g/mol. The zero-order valence-electron chi connectivity index (χ0n) is 3.81. The molecule has 1 saturated heterocycles. The van der Waals surface area contributed by atoms with E-state index in [0.29, 0.717) is 6.17 Å². The molecule has 1 unspecified atom stereocenters. The number of nitrogens with two attached hydrogens (primary N) is 2. The summed E-state index contributed by atoms with van der Waals surface area (Å²) in [6.45, 7) is 0. The van der Waals surface area contributed by atoms with Crippen molar-refractivity contribution in [2.75, 3.05) is 0 Å². The number of rotatable bonds is 0. The maximum absolute atomic E-state index is 4.00. The highest BCUT2D eigenvalue weighted by Crippen LogP contribution is 2.18. The fourth-order valence-corrected chi connectivity index (χ4v) is 0.458. The fourth-order valence-electron chi connectivity index (χ4n) is 0.458. The van der Waals surface area contributed by atoms with Gasteiger partial charge in [0, 0.05) is 6.20 Å². The largest absolute Gasteiger partial charge is 0.365 e. The topological polar surface area (TPSA) is 86.0 Å². The second kappa shape index (κ2) is 1.40. The molecule has 2 aliphatic heterocycles. The lowest BCUT2D eigenvalue weighted by Crippen LogP contribution is -2.16. The van der Waals surface area contributed by atoms with Gasteiger partial charge in [0.05, 0.1) is 5.70 Å². The summed E-state index contributed by atoms with van der Waals surface area (Å²) in [7, 11) is 0. The number of nitrogens with one attached hydrogen (secondary N) is 2. The Morgan fingerprint density at radius 1 is 1.57 bits per heavy atom. The van der Waals surface area contributed by atoms with Crippen molar-refractivity contribution in [3.8, 4) is 0 Å². The van der Waals surface area contributed by atoms with Crippen LogP contribution < -0.4 is 22.3 Å². The Morgan fingerprint density at radius 2 is 2.14 bits per heavy atom. The molecule has 4 nitrogen and oxygen atoms in total. The van der Waals surface area contributed by atoms with Crippen LogP contribution in [0.5, 0.6) is 0 Å². The van der Waals surface area contributed by atoms with Crippen LogP contribution in [0.15, 0.2) is 11.9 Å². The molecule has 7 heavy (non-hydrogen) atoms. The van der Waals surface area contributed by atoms with Gasteiger partial charge >= 0.3 is 0 Å². The smallest absolute Gasteiger partial charge is 0.139 e. The van der Waals surface area contributed by atoms with Crippen LogP contribution in [0.4, 0.5) is 0 Å². The van der Waals surface area contributed by atoms with Gasteiger partial charge in [0.25, 0.3) is 0 Å². The molecule has 0 saturated carbocycles. The van der Waals surface area contributed by atoms with Gasteiger partial charge in [-0.25, -0.2) is 0 Å². The molecule has 0 spiro atoms. The molecule has 1 fully saturated rings. The van der Waals surface area contributed by atoms with Crippen LogP contribution in [0, 0.1) is 0 Å². The Kier molecular flexibility index (Phi) is 0.883. The first kappa shape index (κ1) is 4.42. The van der Waals surface area contributed by atoms with Crippen molar-refractivity contribution >= 4 is 0 Å². The van der Waals surface area contributed by atoms with Crippen molar-refractivity contribution in [2.45, 2.75) is 6.17 Å². The summed E-state index contributed by atoms with van der Waals surface area (Å²) in [4.78, 5) is 0. The van der Waals surface area contributed by atoms with Gasteiger partial charge in [-0.3, -0.25) is 11.7 Å². The number of fused-ring (bicyclic) bond motifs is 1. The van der Waals surface area contributed by atoms with E-state index >= 15 is 0 Å². The SMILES string of the molecule is C1=C2NC2N1.NN. The van der Waals surface area contributed by atoms with Crippen LogP contribution in [0.3, 0.4) is 0 Å². The van der Waals surface area contributed by atoms with Crippen molar-refractivity contribution in [1.29, 1.82) is 0 Å². The first-order valence-corrected chi connectivity index (χ1v) is 2.03. The van der Waals surface area contributed by atoms with Crippen LogP contribution in [0.2, 0.25) is 0 Å². The summed E-state index contributed by atoms with van der Waals surface area (Å²) < 4.78 is 0. The molecule has 0 amide bonds. The Morgan fingerprint density at radius 3 is 2.14 bits per heavy atom. The van der Waals surface area contributed by atoms with E-state index in [0.717, 1.165) is 0 Å². The van der Waals surface area contributed by atoms with Crippen molar-refractivity contribution in [3.05, 3.63) is 11.9 Å². The van der Waals surface area contributed by atoms with Crippen molar-refractivity contribution in [2.24, 2.45) is 11.7 Å². The highest BCUT2D eigenvalue weighted by molar-refractivity contribution is 5.32. The summed E-state index contributed by atoms with van der Waals surface area (Å²) in [5, 5.41) is 6.06. The molecule has 0 bridgehead atoms. The second-order valence-corrected chi connectivity index (χ2v) is 1.34. The van der Waals surface area contributed by atoms with E-state index in [1.165, 1.54) is 5.70 Å². The van der Waals surface area contributed by atoms with E-state index in [4.69, 9.17) is 0 Å². The number of hydrogen-bond acceptors (Lipinski definition) is 4. The third-order valence-corrected chi connectivity index (χ3v) is 0.944. The van der Waals surface area contributed by atoms with Gasteiger partial charge in [-0.15, -0.1) is 0 Å². The minimum absolute atomic E-state index is 0.593.